The van der Waals surface area contributed by atoms with E-state index in [1.165, 1.54) is 0 Å². The lowest BCUT2D eigenvalue weighted by atomic mass is 9.84. The van der Waals surface area contributed by atoms with Gasteiger partial charge in [-0.25, -0.2) is 4.79 Å². The summed E-state index contributed by atoms with van der Waals surface area (Å²) in [6.45, 7) is 11.6. The first kappa shape index (κ1) is 27.4. The molecule has 0 aromatic rings. The van der Waals surface area contributed by atoms with Gasteiger partial charge in [0.15, 0.2) is 0 Å². The summed E-state index contributed by atoms with van der Waals surface area (Å²) in [5.74, 6) is -1.24. The second-order valence-corrected chi connectivity index (χ2v) is 9.79. The maximum atomic E-state index is 13.1. The number of carbonyl (C=O) groups excluding carboxylic acids is 2. The van der Waals surface area contributed by atoms with Crippen molar-refractivity contribution in [3.8, 4) is 0 Å². The van der Waals surface area contributed by atoms with Gasteiger partial charge in [0, 0.05) is 11.6 Å². The van der Waals surface area contributed by atoms with Crippen molar-refractivity contribution >= 4 is 17.8 Å². The van der Waals surface area contributed by atoms with E-state index in [0.29, 0.717) is 19.4 Å². The number of likely N-dealkylation sites (tertiary alicyclic amines) is 1. The van der Waals surface area contributed by atoms with Crippen LogP contribution in [0.3, 0.4) is 0 Å². The predicted molar refractivity (Wildman–Crippen MR) is 120 cm³/mol. The van der Waals surface area contributed by atoms with Gasteiger partial charge in [-0.3, -0.25) is 14.9 Å². The van der Waals surface area contributed by atoms with Crippen molar-refractivity contribution in [3.63, 3.8) is 0 Å². The summed E-state index contributed by atoms with van der Waals surface area (Å²) in [5, 5.41) is 12.7. The Bertz CT molecular complexity index is 599. The van der Waals surface area contributed by atoms with E-state index in [1.807, 2.05) is 27.7 Å². The molecule has 0 radical (unpaired) electrons. The van der Waals surface area contributed by atoms with Crippen LogP contribution in [0.4, 0.5) is 0 Å². The monoisotopic (exact) mass is 441 g/mol. The molecule has 1 heterocycles. The van der Waals surface area contributed by atoms with E-state index in [2.05, 4.69) is 5.32 Å². The number of rotatable bonds is 8. The zero-order chi connectivity index (χ0) is 23.8. The summed E-state index contributed by atoms with van der Waals surface area (Å²) >= 11 is 0. The number of carboxylic acids is 1. The molecule has 180 valence electrons. The number of carbonyl (C=O) groups is 3. The maximum absolute atomic E-state index is 13.1. The number of esters is 1. The highest BCUT2D eigenvalue weighted by atomic mass is 16.5. The Morgan fingerprint density at radius 3 is 2.29 bits per heavy atom. The summed E-state index contributed by atoms with van der Waals surface area (Å²) in [6.07, 6.45) is 5.87. The largest absolute Gasteiger partial charge is 0.480 e. The third-order valence-corrected chi connectivity index (χ3v) is 5.60. The van der Waals surface area contributed by atoms with Crippen molar-refractivity contribution in [1.29, 1.82) is 0 Å². The van der Waals surface area contributed by atoms with Gasteiger partial charge >= 0.3 is 11.9 Å². The van der Waals surface area contributed by atoms with Crippen molar-refractivity contribution in [3.05, 3.63) is 0 Å². The third-order valence-electron chi connectivity index (χ3n) is 5.60. The first-order valence-electron chi connectivity index (χ1n) is 11.7. The highest BCUT2D eigenvalue weighted by molar-refractivity contribution is 5.88. The number of nitrogens with zero attached hydrogens (tertiary/aromatic N) is 1. The number of hydrogen-bond acceptors (Lipinski definition) is 6. The standard InChI is InChI=1S/C19H32N2O5.C4H11N/c1-4-8-14(19(25)26-5-2)20-12(3)17(22)21-15-10-7-6-9-13(15)11-16(21)18(23)24;1-4(2,3)5/h12-16,20H,4-11H2,1-3H3,(H,23,24);5H2,1-3H3/t12-,13-,14-,15-,16-;/m0./s1. The summed E-state index contributed by atoms with van der Waals surface area (Å²) < 4.78 is 5.09. The van der Waals surface area contributed by atoms with Crippen LogP contribution in [0.1, 0.15) is 86.5 Å². The van der Waals surface area contributed by atoms with E-state index < -0.39 is 24.1 Å². The number of fused-ring (bicyclic) bond motifs is 1. The summed E-state index contributed by atoms with van der Waals surface area (Å²) in [6, 6.07) is -1.92. The lowest BCUT2D eigenvalue weighted by molar-refractivity contribution is -0.152. The molecule has 2 aliphatic rings. The van der Waals surface area contributed by atoms with Gasteiger partial charge in [0.05, 0.1) is 12.6 Å². The highest BCUT2D eigenvalue weighted by Crippen LogP contribution is 2.40. The predicted octanol–water partition coefficient (Wildman–Crippen LogP) is 2.68. The Balaban J connectivity index is 0.000000861. The Morgan fingerprint density at radius 2 is 1.77 bits per heavy atom. The molecule has 1 aliphatic heterocycles. The van der Waals surface area contributed by atoms with Gasteiger partial charge < -0.3 is 20.5 Å². The average Bonchev–Trinajstić information content (AvgIpc) is 3.05. The van der Waals surface area contributed by atoms with Crippen LogP contribution in [0.5, 0.6) is 0 Å². The fourth-order valence-electron chi connectivity index (χ4n) is 4.39. The topological polar surface area (TPSA) is 122 Å². The molecule has 31 heavy (non-hydrogen) atoms. The van der Waals surface area contributed by atoms with Crippen LogP contribution in [0.15, 0.2) is 0 Å². The highest BCUT2D eigenvalue weighted by Gasteiger charge is 2.48. The molecule has 8 nitrogen and oxygen atoms in total. The number of nitrogens with two attached hydrogens (primary N) is 1. The SMILES string of the molecule is CC(C)(C)N.CCC[C@H](N[C@@H](C)C(=O)N1[C@H](C(=O)O)C[C@@H]2CCCC[C@@H]21)C(=O)OCC. The molecule has 1 amide bonds. The van der Waals surface area contributed by atoms with Crippen LogP contribution in [-0.4, -0.2) is 64.2 Å². The van der Waals surface area contributed by atoms with E-state index in [-0.39, 0.29) is 29.4 Å². The molecule has 2 fully saturated rings. The Labute approximate surface area is 187 Å². The van der Waals surface area contributed by atoms with Gasteiger partial charge in [0.1, 0.15) is 12.1 Å². The van der Waals surface area contributed by atoms with Crippen molar-refractivity contribution in [2.24, 2.45) is 11.7 Å². The summed E-state index contributed by atoms with van der Waals surface area (Å²) in [4.78, 5) is 38.5. The van der Waals surface area contributed by atoms with Gasteiger partial charge in [-0.2, -0.15) is 0 Å². The van der Waals surface area contributed by atoms with Crippen LogP contribution in [0.25, 0.3) is 0 Å². The van der Waals surface area contributed by atoms with Crippen molar-refractivity contribution in [2.45, 2.75) is 116 Å². The Kier molecular flexibility index (Phi) is 10.9. The Hall–Kier alpha value is -1.67. The van der Waals surface area contributed by atoms with Crippen molar-refractivity contribution < 1.29 is 24.2 Å². The van der Waals surface area contributed by atoms with E-state index in [1.54, 1.807) is 18.7 Å². The number of nitrogens with one attached hydrogen (secondary N) is 1. The number of carboxylic acid groups (broad SMARTS) is 1. The zero-order valence-electron chi connectivity index (χ0n) is 20.1. The van der Waals surface area contributed by atoms with Gasteiger partial charge in [-0.15, -0.1) is 0 Å². The zero-order valence-corrected chi connectivity index (χ0v) is 20.1. The van der Waals surface area contributed by atoms with Crippen LogP contribution >= 0.6 is 0 Å². The molecule has 2 rings (SSSR count). The number of aliphatic carboxylic acids is 1. The van der Waals surface area contributed by atoms with Gasteiger partial charge in [0.25, 0.3) is 0 Å². The Morgan fingerprint density at radius 1 is 1.19 bits per heavy atom. The van der Waals surface area contributed by atoms with Crippen LogP contribution < -0.4 is 11.1 Å². The first-order valence-corrected chi connectivity index (χ1v) is 11.7. The van der Waals surface area contributed by atoms with Crippen LogP contribution in [0.2, 0.25) is 0 Å². The molecule has 1 saturated carbocycles. The first-order chi connectivity index (χ1) is 14.4. The van der Waals surface area contributed by atoms with Gasteiger partial charge in [-0.1, -0.05) is 26.2 Å². The third kappa shape index (κ3) is 8.77. The molecule has 5 atom stereocenters. The minimum Gasteiger partial charge on any atom is -0.480 e. The molecule has 1 aliphatic carbocycles. The number of hydrogen-bond donors (Lipinski definition) is 3. The maximum Gasteiger partial charge on any atom is 0.326 e. The second kappa shape index (κ2) is 12.4. The van der Waals surface area contributed by atoms with E-state index in [4.69, 9.17) is 10.5 Å². The smallest absolute Gasteiger partial charge is 0.326 e. The molecule has 4 N–H and O–H groups in total. The molecule has 0 unspecified atom stereocenters. The summed E-state index contributed by atoms with van der Waals surface area (Å²) in [7, 11) is 0. The minimum atomic E-state index is -0.935. The van der Waals surface area contributed by atoms with E-state index >= 15 is 0 Å². The molecule has 0 bridgehead atoms. The molecule has 0 spiro atoms. The van der Waals surface area contributed by atoms with E-state index in [9.17, 15) is 19.5 Å². The second-order valence-electron chi connectivity index (χ2n) is 9.79. The molecule has 8 heteroatoms. The molecule has 1 saturated heterocycles. The normalized spacial score (nSPS) is 25.0. The fraction of sp³-hybridized carbons (Fsp3) is 0.870. The van der Waals surface area contributed by atoms with Crippen molar-refractivity contribution in [2.75, 3.05) is 6.61 Å². The average molecular weight is 442 g/mol. The van der Waals surface area contributed by atoms with Gasteiger partial charge in [-0.05, 0) is 66.2 Å². The quantitative estimate of drug-likeness (QED) is 0.495. The molecular formula is C23H43N3O5. The molecule has 0 aromatic carbocycles. The lowest BCUT2D eigenvalue weighted by Gasteiger charge is -2.35. The van der Waals surface area contributed by atoms with Crippen molar-refractivity contribution in [1.82, 2.24) is 10.2 Å². The summed E-state index contributed by atoms with van der Waals surface area (Å²) in [5.41, 5.74) is 5.35. The number of amides is 1. The van der Waals surface area contributed by atoms with E-state index in [0.717, 1.165) is 32.1 Å². The lowest BCUT2D eigenvalue weighted by Crippen LogP contribution is -2.55. The number of ether oxygens (including phenoxy) is 1. The minimum absolute atomic E-state index is 0. The fourth-order valence-corrected chi connectivity index (χ4v) is 4.39. The van der Waals surface area contributed by atoms with Gasteiger partial charge in [0.2, 0.25) is 5.91 Å². The van der Waals surface area contributed by atoms with Crippen LogP contribution in [0, 0.1) is 5.92 Å². The molecular weight excluding hydrogens is 398 g/mol. The molecule has 0 aromatic heterocycles. The van der Waals surface area contributed by atoms with Crippen LogP contribution in [-0.2, 0) is 19.1 Å².